The number of anilines is 1. The van der Waals surface area contributed by atoms with Gasteiger partial charge in [0.2, 0.25) is 0 Å². The first-order valence-electron chi connectivity index (χ1n) is 8.91. The van der Waals surface area contributed by atoms with Gasteiger partial charge in [-0.1, -0.05) is 17.7 Å². The van der Waals surface area contributed by atoms with Gasteiger partial charge in [0.15, 0.2) is 6.10 Å². The minimum Gasteiger partial charge on any atom is -0.481 e. The Morgan fingerprint density at radius 2 is 1.90 bits per heavy atom. The maximum absolute atomic E-state index is 12.8. The first-order valence-corrected chi connectivity index (χ1v) is 8.91. The van der Waals surface area contributed by atoms with Crippen molar-refractivity contribution in [1.82, 2.24) is 10.2 Å². The van der Waals surface area contributed by atoms with Gasteiger partial charge in [-0.15, -0.1) is 0 Å². The molecule has 0 aliphatic heterocycles. The predicted molar refractivity (Wildman–Crippen MR) is 104 cm³/mol. The van der Waals surface area contributed by atoms with E-state index in [1.54, 1.807) is 6.07 Å². The summed E-state index contributed by atoms with van der Waals surface area (Å²) in [6.07, 6.45) is -5.49. The van der Waals surface area contributed by atoms with Gasteiger partial charge in [-0.25, -0.2) is 0 Å². The summed E-state index contributed by atoms with van der Waals surface area (Å²) in [6.45, 7) is 5.27. The van der Waals surface area contributed by atoms with Gasteiger partial charge in [0, 0.05) is 11.3 Å². The quantitative estimate of drug-likeness (QED) is 0.622. The first-order chi connectivity index (χ1) is 13.6. The fraction of sp³-hybridized carbons (Fsp3) is 0.238. The molecule has 1 aromatic heterocycles. The fourth-order valence-corrected chi connectivity index (χ4v) is 2.77. The number of halogens is 3. The molecule has 8 heteroatoms. The number of amides is 1. The minimum atomic E-state index is -4.48. The van der Waals surface area contributed by atoms with E-state index in [0.29, 0.717) is 11.4 Å². The average molecular weight is 403 g/mol. The van der Waals surface area contributed by atoms with Crippen molar-refractivity contribution < 1.29 is 22.7 Å². The van der Waals surface area contributed by atoms with E-state index in [2.05, 4.69) is 15.5 Å². The number of carbonyl (C=O) groups excluding carboxylic acids is 1. The maximum Gasteiger partial charge on any atom is 0.416 e. The number of hydrogen-bond donors (Lipinski definition) is 2. The lowest BCUT2D eigenvalue weighted by Crippen LogP contribution is -2.30. The molecule has 1 unspecified atom stereocenters. The number of benzene rings is 2. The Bertz CT molecular complexity index is 1030. The van der Waals surface area contributed by atoms with Crippen LogP contribution in [-0.2, 0) is 11.0 Å². The second-order valence-corrected chi connectivity index (χ2v) is 6.76. The van der Waals surface area contributed by atoms with E-state index in [4.69, 9.17) is 4.74 Å². The molecule has 29 heavy (non-hydrogen) atoms. The summed E-state index contributed by atoms with van der Waals surface area (Å²) in [7, 11) is 0. The molecule has 0 aliphatic carbocycles. The lowest BCUT2D eigenvalue weighted by molar-refractivity contribution is -0.137. The van der Waals surface area contributed by atoms with Gasteiger partial charge in [0.05, 0.1) is 16.9 Å². The van der Waals surface area contributed by atoms with Crippen LogP contribution in [0.3, 0.4) is 0 Å². The van der Waals surface area contributed by atoms with Crippen LogP contribution in [0.5, 0.6) is 5.75 Å². The third-order valence-electron chi connectivity index (χ3n) is 4.26. The molecule has 2 N–H and O–H groups in total. The molecule has 1 atom stereocenters. The molecule has 0 radical (unpaired) electrons. The van der Waals surface area contributed by atoms with Crippen LogP contribution in [0.2, 0.25) is 0 Å². The van der Waals surface area contributed by atoms with E-state index in [1.165, 1.54) is 19.1 Å². The highest BCUT2D eigenvalue weighted by Crippen LogP contribution is 2.32. The van der Waals surface area contributed by atoms with Gasteiger partial charge in [0.25, 0.3) is 5.91 Å². The second kappa shape index (κ2) is 7.98. The Hall–Kier alpha value is -3.29. The molecule has 0 saturated heterocycles. The lowest BCUT2D eigenvalue weighted by atomic mass is 10.1. The number of alkyl halides is 3. The number of aromatic amines is 1. The second-order valence-electron chi connectivity index (χ2n) is 6.76. The van der Waals surface area contributed by atoms with E-state index in [9.17, 15) is 18.0 Å². The number of hydrogen-bond acceptors (Lipinski definition) is 3. The zero-order valence-electron chi connectivity index (χ0n) is 16.1. The summed E-state index contributed by atoms with van der Waals surface area (Å²) in [5.41, 5.74) is 2.97. The number of carbonyl (C=O) groups is 1. The number of ether oxygens (including phenoxy) is 1. The Balaban J connectivity index is 1.77. The Morgan fingerprint density at radius 1 is 1.14 bits per heavy atom. The van der Waals surface area contributed by atoms with Crippen LogP contribution >= 0.6 is 0 Å². The van der Waals surface area contributed by atoms with Gasteiger partial charge >= 0.3 is 6.18 Å². The molecule has 5 nitrogen and oxygen atoms in total. The van der Waals surface area contributed by atoms with Crippen LogP contribution in [0.15, 0.2) is 48.5 Å². The van der Waals surface area contributed by atoms with Gasteiger partial charge in [0.1, 0.15) is 5.75 Å². The van der Waals surface area contributed by atoms with Crippen LogP contribution in [0.1, 0.15) is 23.7 Å². The molecule has 1 amide bonds. The molecular weight excluding hydrogens is 383 g/mol. The maximum atomic E-state index is 12.8. The highest BCUT2D eigenvalue weighted by Gasteiger charge is 2.31. The van der Waals surface area contributed by atoms with E-state index in [0.717, 1.165) is 29.0 Å². The molecule has 3 rings (SSSR count). The predicted octanol–water partition coefficient (Wildman–Crippen LogP) is 5.12. The number of H-pyrrole nitrogens is 1. The number of rotatable bonds is 5. The van der Waals surface area contributed by atoms with Crippen molar-refractivity contribution in [3.05, 3.63) is 65.4 Å². The van der Waals surface area contributed by atoms with Gasteiger partial charge in [-0.2, -0.15) is 18.3 Å². The molecule has 1 heterocycles. The summed E-state index contributed by atoms with van der Waals surface area (Å²) in [4.78, 5) is 12.6. The minimum absolute atomic E-state index is 0.0328. The third-order valence-corrected chi connectivity index (χ3v) is 4.26. The average Bonchev–Trinajstić information content (AvgIpc) is 3.09. The third kappa shape index (κ3) is 4.96. The van der Waals surface area contributed by atoms with Crippen LogP contribution < -0.4 is 10.1 Å². The normalized spacial score (nSPS) is 12.5. The van der Waals surface area contributed by atoms with Crippen molar-refractivity contribution in [3.8, 4) is 17.0 Å². The molecule has 152 valence electrons. The zero-order chi connectivity index (χ0) is 21.2. The SMILES string of the molecule is Cc1ccc(NC(=O)C(C)Oc2cccc(C(F)(F)F)c2)c(-c2cc(C)[nH]n2)c1. The van der Waals surface area contributed by atoms with E-state index < -0.39 is 23.8 Å². The molecule has 0 aliphatic rings. The molecule has 0 spiro atoms. The van der Waals surface area contributed by atoms with Crippen molar-refractivity contribution in [2.45, 2.75) is 33.1 Å². The van der Waals surface area contributed by atoms with Crippen LogP contribution in [0, 0.1) is 13.8 Å². The van der Waals surface area contributed by atoms with Gasteiger partial charge in [-0.3, -0.25) is 9.89 Å². The number of aryl methyl sites for hydroxylation is 2. The van der Waals surface area contributed by atoms with Crippen LogP contribution in [0.25, 0.3) is 11.3 Å². The largest absolute Gasteiger partial charge is 0.481 e. The number of nitrogens with one attached hydrogen (secondary N) is 2. The van der Waals surface area contributed by atoms with Crippen LogP contribution in [-0.4, -0.2) is 22.2 Å². The Labute approximate surface area is 165 Å². The van der Waals surface area contributed by atoms with Crippen LogP contribution in [0.4, 0.5) is 18.9 Å². The topological polar surface area (TPSA) is 67.0 Å². The number of nitrogens with zero attached hydrogens (tertiary/aromatic N) is 1. The Morgan fingerprint density at radius 3 is 2.55 bits per heavy atom. The molecule has 2 aromatic carbocycles. The van der Waals surface area contributed by atoms with E-state index in [-0.39, 0.29) is 5.75 Å². The monoisotopic (exact) mass is 403 g/mol. The highest BCUT2D eigenvalue weighted by molar-refractivity contribution is 5.97. The molecular formula is C21H20F3N3O2. The summed E-state index contributed by atoms with van der Waals surface area (Å²) in [5.74, 6) is -0.519. The summed E-state index contributed by atoms with van der Waals surface area (Å²) < 4.78 is 44.0. The van der Waals surface area contributed by atoms with E-state index >= 15 is 0 Å². The lowest BCUT2D eigenvalue weighted by Gasteiger charge is -2.17. The summed E-state index contributed by atoms with van der Waals surface area (Å²) >= 11 is 0. The first kappa shape index (κ1) is 20.4. The van der Waals surface area contributed by atoms with E-state index in [1.807, 2.05) is 32.0 Å². The highest BCUT2D eigenvalue weighted by atomic mass is 19.4. The Kier molecular flexibility index (Phi) is 5.63. The molecule has 3 aromatic rings. The smallest absolute Gasteiger partial charge is 0.416 e. The van der Waals surface area contributed by atoms with Crippen molar-refractivity contribution in [2.24, 2.45) is 0 Å². The standard InChI is InChI=1S/C21H20F3N3O2/c1-12-7-8-18(17(9-12)19-10-13(2)26-27-19)25-20(28)14(3)29-16-6-4-5-15(11-16)21(22,23)24/h4-11,14H,1-3H3,(H,25,28)(H,26,27). The molecule has 0 fully saturated rings. The fourth-order valence-electron chi connectivity index (χ4n) is 2.77. The summed E-state index contributed by atoms with van der Waals surface area (Å²) in [5, 5.41) is 9.86. The van der Waals surface area contributed by atoms with Crippen molar-refractivity contribution in [3.63, 3.8) is 0 Å². The molecule has 0 saturated carbocycles. The summed E-state index contributed by atoms with van der Waals surface area (Å²) in [6, 6.07) is 11.8. The van der Waals surface area contributed by atoms with Gasteiger partial charge in [-0.05, 0) is 57.2 Å². The zero-order valence-corrected chi connectivity index (χ0v) is 16.1. The van der Waals surface area contributed by atoms with Crippen molar-refractivity contribution in [2.75, 3.05) is 5.32 Å². The molecule has 0 bridgehead atoms. The number of aromatic nitrogens is 2. The van der Waals surface area contributed by atoms with Crippen molar-refractivity contribution >= 4 is 11.6 Å². The van der Waals surface area contributed by atoms with Crippen molar-refractivity contribution in [1.29, 1.82) is 0 Å². The van der Waals surface area contributed by atoms with Gasteiger partial charge < -0.3 is 10.1 Å².